The van der Waals surface area contributed by atoms with Crippen molar-refractivity contribution in [3.05, 3.63) is 57.6 Å². The fraction of sp³-hybridized carbons (Fsp3) is 0.300. The summed E-state index contributed by atoms with van der Waals surface area (Å²) in [6.45, 7) is 0.562. The van der Waals surface area contributed by atoms with Crippen molar-refractivity contribution in [2.24, 2.45) is 5.92 Å². The number of anilines is 2. The van der Waals surface area contributed by atoms with E-state index in [0.29, 0.717) is 10.7 Å². The molecule has 0 bridgehead atoms. The molecule has 1 aliphatic rings. The van der Waals surface area contributed by atoms with Crippen LogP contribution in [0.5, 0.6) is 0 Å². The first-order chi connectivity index (χ1) is 15.1. The third-order valence-corrected chi connectivity index (χ3v) is 6.29. The summed E-state index contributed by atoms with van der Waals surface area (Å²) in [7, 11) is -3.58. The maximum Gasteiger partial charge on any atom is 0.293 e. The molecule has 10 nitrogen and oxygen atoms in total. The smallest absolute Gasteiger partial charge is 0.293 e. The largest absolute Gasteiger partial charge is 0.378 e. The second kappa shape index (κ2) is 9.53. The Labute approximate surface area is 189 Å². The molecular weight excluding hydrogens is 460 g/mol. The zero-order chi connectivity index (χ0) is 23.5. The lowest BCUT2D eigenvalue weighted by atomic mass is 10.1. The monoisotopic (exact) mass is 480 g/mol. The molecule has 2 aromatic rings. The van der Waals surface area contributed by atoms with Crippen LogP contribution in [0.15, 0.2) is 47.4 Å². The van der Waals surface area contributed by atoms with Crippen LogP contribution in [0.3, 0.4) is 0 Å². The van der Waals surface area contributed by atoms with Gasteiger partial charge in [-0.15, -0.1) is 0 Å². The molecule has 0 spiro atoms. The number of amides is 2. The van der Waals surface area contributed by atoms with Crippen LogP contribution in [0.4, 0.5) is 17.1 Å². The Morgan fingerprint density at radius 1 is 1.25 bits per heavy atom. The Hall–Kier alpha value is -3.18. The van der Waals surface area contributed by atoms with Gasteiger partial charge in [-0.2, -0.15) is 0 Å². The molecule has 1 aliphatic heterocycles. The average Bonchev–Trinajstić information content (AvgIpc) is 3.12. The first kappa shape index (κ1) is 23.5. The normalized spacial score (nSPS) is 16.1. The number of halogens is 1. The highest BCUT2D eigenvalue weighted by Crippen LogP contribution is 2.28. The molecule has 2 N–H and O–H groups in total. The molecule has 1 unspecified atom stereocenters. The summed E-state index contributed by atoms with van der Waals surface area (Å²) in [6.07, 6.45) is 1.04. The van der Waals surface area contributed by atoms with Crippen LogP contribution in [-0.2, 0) is 19.4 Å². The summed E-state index contributed by atoms with van der Waals surface area (Å²) >= 11 is 5.97. The maximum atomic E-state index is 12.5. The van der Waals surface area contributed by atoms with E-state index in [9.17, 15) is 28.1 Å². The Balaban J connectivity index is 1.54. The van der Waals surface area contributed by atoms with Crippen molar-refractivity contribution in [1.82, 2.24) is 5.32 Å². The molecule has 1 saturated heterocycles. The summed E-state index contributed by atoms with van der Waals surface area (Å²) in [6, 6.07) is 10.4. The first-order valence-corrected chi connectivity index (χ1v) is 11.9. The number of hydrogen-bond acceptors (Lipinski definition) is 7. The summed E-state index contributed by atoms with van der Waals surface area (Å²) in [5, 5.41) is 17.3. The van der Waals surface area contributed by atoms with E-state index in [2.05, 4.69) is 10.6 Å². The van der Waals surface area contributed by atoms with Gasteiger partial charge < -0.3 is 15.5 Å². The predicted molar refractivity (Wildman–Crippen MR) is 120 cm³/mol. The lowest BCUT2D eigenvalue weighted by Gasteiger charge is -2.17. The highest BCUT2D eigenvalue weighted by atomic mass is 35.5. The zero-order valence-corrected chi connectivity index (χ0v) is 18.6. The molecule has 0 radical (unpaired) electrons. The number of nitro benzene ring substituents is 1. The molecule has 1 heterocycles. The highest BCUT2D eigenvalue weighted by Gasteiger charge is 2.35. The number of rotatable bonds is 8. The fourth-order valence-corrected chi connectivity index (χ4v) is 4.17. The summed E-state index contributed by atoms with van der Waals surface area (Å²) in [5.74, 6) is -0.997. The average molecular weight is 481 g/mol. The number of nitrogens with one attached hydrogen (secondary N) is 2. The minimum Gasteiger partial charge on any atom is -0.378 e. The van der Waals surface area contributed by atoms with E-state index in [1.807, 2.05) is 0 Å². The topological polar surface area (TPSA) is 139 Å². The SMILES string of the molecule is CS(=O)(=O)c1ccc(NCCNC(=O)C2CC(=O)N(c3cccc(Cl)c3)C2)c([N+](=O)[O-])c1. The molecule has 2 aromatic carbocycles. The number of benzene rings is 2. The van der Waals surface area contributed by atoms with Gasteiger partial charge in [-0.3, -0.25) is 19.7 Å². The number of sulfone groups is 1. The fourth-order valence-electron chi connectivity index (χ4n) is 3.35. The standard InChI is InChI=1S/C20H21ClN4O6S/c1-32(30,31)16-5-6-17(18(11-16)25(28)29)22-7-8-23-20(27)13-9-19(26)24(12-13)15-4-2-3-14(21)10-15/h2-6,10-11,13,22H,7-9,12H2,1H3,(H,23,27). The van der Waals surface area contributed by atoms with Crippen LogP contribution in [0.1, 0.15) is 6.42 Å². The number of nitro groups is 1. The third-order valence-electron chi connectivity index (χ3n) is 4.95. The van der Waals surface area contributed by atoms with Crippen molar-refractivity contribution < 1.29 is 22.9 Å². The number of hydrogen-bond donors (Lipinski definition) is 2. The lowest BCUT2D eigenvalue weighted by Crippen LogP contribution is -2.35. The Morgan fingerprint density at radius 3 is 2.66 bits per heavy atom. The molecule has 0 saturated carbocycles. The van der Waals surface area contributed by atoms with Crippen LogP contribution in [0.2, 0.25) is 5.02 Å². The van der Waals surface area contributed by atoms with Crippen molar-refractivity contribution in [2.75, 3.05) is 36.1 Å². The van der Waals surface area contributed by atoms with E-state index in [0.717, 1.165) is 12.3 Å². The molecule has 0 aliphatic carbocycles. The molecular formula is C20H21ClN4O6S. The summed E-state index contributed by atoms with van der Waals surface area (Å²) < 4.78 is 23.2. The van der Waals surface area contributed by atoms with Gasteiger partial charge >= 0.3 is 0 Å². The van der Waals surface area contributed by atoms with Crippen molar-refractivity contribution in [3.63, 3.8) is 0 Å². The summed E-state index contributed by atoms with van der Waals surface area (Å²) in [4.78, 5) is 36.7. The van der Waals surface area contributed by atoms with Crippen LogP contribution in [0.25, 0.3) is 0 Å². The molecule has 1 fully saturated rings. The zero-order valence-electron chi connectivity index (χ0n) is 17.1. The van der Waals surface area contributed by atoms with Gasteiger partial charge in [0, 0.05) is 49.1 Å². The first-order valence-electron chi connectivity index (χ1n) is 9.62. The number of carbonyl (C=O) groups excluding carboxylic acids is 2. The van der Waals surface area contributed by atoms with Crippen molar-refractivity contribution in [2.45, 2.75) is 11.3 Å². The van der Waals surface area contributed by atoms with Crippen molar-refractivity contribution in [3.8, 4) is 0 Å². The van der Waals surface area contributed by atoms with Gasteiger partial charge in [0.25, 0.3) is 5.69 Å². The van der Waals surface area contributed by atoms with Gasteiger partial charge in [-0.25, -0.2) is 8.42 Å². The van der Waals surface area contributed by atoms with E-state index in [1.54, 1.807) is 24.3 Å². The molecule has 1 atom stereocenters. The van der Waals surface area contributed by atoms with E-state index in [-0.39, 0.29) is 54.1 Å². The van der Waals surface area contributed by atoms with Gasteiger partial charge in [0.1, 0.15) is 5.69 Å². The van der Waals surface area contributed by atoms with Crippen molar-refractivity contribution in [1.29, 1.82) is 0 Å². The van der Waals surface area contributed by atoms with Crippen LogP contribution in [0, 0.1) is 16.0 Å². The minimum absolute atomic E-state index is 0.0736. The highest BCUT2D eigenvalue weighted by molar-refractivity contribution is 7.90. The van der Waals surface area contributed by atoms with Crippen LogP contribution in [-0.4, -0.2) is 51.0 Å². The van der Waals surface area contributed by atoms with Crippen LogP contribution < -0.4 is 15.5 Å². The number of carbonyl (C=O) groups is 2. The van der Waals surface area contributed by atoms with E-state index in [1.165, 1.54) is 17.0 Å². The maximum absolute atomic E-state index is 12.5. The predicted octanol–water partition coefficient (Wildman–Crippen LogP) is 2.23. The van der Waals surface area contributed by atoms with E-state index < -0.39 is 20.7 Å². The second-order valence-electron chi connectivity index (χ2n) is 7.31. The van der Waals surface area contributed by atoms with E-state index >= 15 is 0 Å². The lowest BCUT2D eigenvalue weighted by molar-refractivity contribution is -0.384. The van der Waals surface area contributed by atoms with Gasteiger partial charge in [0.2, 0.25) is 11.8 Å². The quantitative estimate of drug-likeness (QED) is 0.335. The van der Waals surface area contributed by atoms with Gasteiger partial charge in [-0.1, -0.05) is 17.7 Å². The molecule has 2 amide bonds. The van der Waals surface area contributed by atoms with E-state index in [4.69, 9.17) is 11.6 Å². The molecule has 0 aromatic heterocycles. The molecule has 170 valence electrons. The Bertz CT molecular complexity index is 1170. The molecule has 3 rings (SSSR count). The third kappa shape index (κ3) is 5.54. The number of nitrogens with zero attached hydrogens (tertiary/aromatic N) is 2. The second-order valence-corrected chi connectivity index (χ2v) is 9.76. The Morgan fingerprint density at radius 2 is 2.00 bits per heavy atom. The van der Waals surface area contributed by atoms with Gasteiger partial charge in [-0.05, 0) is 30.3 Å². The minimum atomic E-state index is -3.58. The van der Waals surface area contributed by atoms with Gasteiger partial charge in [0.05, 0.1) is 15.7 Å². The van der Waals surface area contributed by atoms with Crippen LogP contribution >= 0.6 is 11.6 Å². The Kier molecular flexibility index (Phi) is 6.99. The van der Waals surface area contributed by atoms with Gasteiger partial charge in [0.15, 0.2) is 9.84 Å². The van der Waals surface area contributed by atoms with Crippen molar-refractivity contribution >= 4 is 50.3 Å². The molecule has 32 heavy (non-hydrogen) atoms. The molecule has 12 heteroatoms. The summed E-state index contributed by atoms with van der Waals surface area (Å²) in [5.41, 5.74) is 0.391.